The average molecular weight is 253 g/mol. The molecule has 0 saturated carbocycles. The molecule has 100 valence electrons. The van der Waals surface area contributed by atoms with E-state index in [4.69, 9.17) is 11.5 Å². The molecule has 1 rings (SSSR count). The SMILES string of the molecule is CCC(CO)(CO)Nc1ccc(C(N)=O)cc1N. The van der Waals surface area contributed by atoms with Crippen LogP contribution in [0.2, 0.25) is 0 Å². The van der Waals surface area contributed by atoms with Gasteiger partial charge in [-0.1, -0.05) is 6.92 Å². The van der Waals surface area contributed by atoms with Gasteiger partial charge in [0.25, 0.3) is 0 Å². The second-order valence-electron chi connectivity index (χ2n) is 4.24. The van der Waals surface area contributed by atoms with E-state index in [9.17, 15) is 15.0 Å². The van der Waals surface area contributed by atoms with Crippen molar-refractivity contribution >= 4 is 17.3 Å². The van der Waals surface area contributed by atoms with Crippen molar-refractivity contribution in [3.63, 3.8) is 0 Å². The maximum Gasteiger partial charge on any atom is 0.248 e. The normalized spacial score (nSPS) is 11.3. The minimum absolute atomic E-state index is 0.225. The van der Waals surface area contributed by atoms with E-state index in [1.165, 1.54) is 12.1 Å². The summed E-state index contributed by atoms with van der Waals surface area (Å²) in [5, 5.41) is 21.7. The number of nitrogens with one attached hydrogen (secondary N) is 1. The molecule has 0 spiro atoms. The van der Waals surface area contributed by atoms with Gasteiger partial charge in [0.2, 0.25) is 5.91 Å². The van der Waals surface area contributed by atoms with Gasteiger partial charge in [0.15, 0.2) is 0 Å². The zero-order valence-electron chi connectivity index (χ0n) is 10.3. The number of rotatable bonds is 6. The second-order valence-corrected chi connectivity index (χ2v) is 4.24. The molecule has 1 amide bonds. The van der Waals surface area contributed by atoms with Crippen molar-refractivity contribution in [3.05, 3.63) is 23.8 Å². The summed E-state index contributed by atoms with van der Waals surface area (Å²) in [5.41, 5.74) is 11.3. The van der Waals surface area contributed by atoms with Gasteiger partial charge in [-0.15, -0.1) is 0 Å². The quantitative estimate of drug-likeness (QED) is 0.454. The lowest BCUT2D eigenvalue weighted by atomic mass is 9.97. The molecule has 0 aliphatic carbocycles. The van der Waals surface area contributed by atoms with Gasteiger partial charge in [-0.3, -0.25) is 4.79 Å². The minimum atomic E-state index is -0.831. The zero-order chi connectivity index (χ0) is 13.8. The molecule has 0 saturated heterocycles. The number of nitrogen functional groups attached to an aromatic ring is 1. The summed E-state index contributed by atoms with van der Waals surface area (Å²) in [7, 11) is 0. The Morgan fingerprint density at radius 3 is 2.39 bits per heavy atom. The van der Waals surface area contributed by atoms with Crippen molar-refractivity contribution < 1.29 is 15.0 Å². The molecule has 1 aromatic carbocycles. The third-order valence-corrected chi connectivity index (χ3v) is 3.02. The molecule has 0 aliphatic rings. The van der Waals surface area contributed by atoms with Crippen molar-refractivity contribution in [2.24, 2.45) is 5.73 Å². The van der Waals surface area contributed by atoms with Gasteiger partial charge in [0, 0.05) is 5.56 Å². The van der Waals surface area contributed by atoms with Crippen molar-refractivity contribution in [3.8, 4) is 0 Å². The van der Waals surface area contributed by atoms with Crippen LogP contribution < -0.4 is 16.8 Å². The fourth-order valence-electron chi connectivity index (χ4n) is 1.56. The summed E-state index contributed by atoms with van der Waals surface area (Å²) in [6.07, 6.45) is 0.525. The summed E-state index contributed by atoms with van der Waals surface area (Å²) in [5.74, 6) is -0.556. The molecule has 0 unspecified atom stereocenters. The number of amides is 1. The molecule has 7 N–H and O–H groups in total. The lowest BCUT2D eigenvalue weighted by molar-refractivity contribution is 0.1000. The molecule has 6 nitrogen and oxygen atoms in total. The monoisotopic (exact) mass is 253 g/mol. The Hall–Kier alpha value is -1.79. The minimum Gasteiger partial charge on any atom is -0.397 e. The van der Waals surface area contributed by atoms with E-state index in [0.29, 0.717) is 23.4 Å². The topological polar surface area (TPSA) is 122 Å². The first-order chi connectivity index (χ1) is 8.48. The van der Waals surface area contributed by atoms with Crippen LogP contribution in [0.1, 0.15) is 23.7 Å². The van der Waals surface area contributed by atoms with E-state index in [0.717, 1.165) is 0 Å². The first kappa shape index (κ1) is 14.3. The molecule has 1 aromatic rings. The Kier molecular flexibility index (Phi) is 4.52. The number of carbonyl (C=O) groups excluding carboxylic acids is 1. The molecule has 0 heterocycles. The van der Waals surface area contributed by atoms with E-state index in [1.54, 1.807) is 6.07 Å². The van der Waals surface area contributed by atoms with E-state index in [2.05, 4.69) is 5.32 Å². The highest BCUT2D eigenvalue weighted by Crippen LogP contribution is 2.25. The average Bonchev–Trinajstić information content (AvgIpc) is 2.38. The van der Waals surface area contributed by atoms with Gasteiger partial charge in [0.1, 0.15) is 0 Å². The number of carbonyl (C=O) groups is 1. The van der Waals surface area contributed by atoms with E-state index in [-0.39, 0.29) is 13.2 Å². The summed E-state index contributed by atoms with van der Waals surface area (Å²) in [4.78, 5) is 11.0. The maximum atomic E-state index is 11.0. The Morgan fingerprint density at radius 2 is 2.00 bits per heavy atom. The van der Waals surface area contributed by atoms with Crippen LogP contribution in [-0.2, 0) is 0 Å². The van der Waals surface area contributed by atoms with Gasteiger partial charge >= 0.3 is 0 Å². The molecule has 6 heteroatoms. The van der Waals surface area contributed by atoms with Gasteiger partial charge in [-0.25, -0.2) is 0 Å². The van der Waals surface area contributed by atoms with Crippen LogP contribution >= 0.6 is 0 Å². The van der Waals surface area contributed by atoms with Gasteiger partial charge in [-0.05, 0) is 24.6 Å². The molecule has 0 aromatic heterocycles. The van der Waals surface area contributed by atoms with Crippen LogP contribution in [0.5, 0.6) is 0 Å². The van der Waals surface area contributed by atoms with Crippen molar-refractivity contribution in [2.45, 2.75) is 18.9 Å². The number of benzene rings is 1. The van der Waals surface area contributed by atoms with Crippen LogP contribution in [-0.4, -0.2) is 34.9 Å². The number of anilines is 2. The predicted molar refractivity (Wildman–Crippen MR) is 70.2 cm³/mol. The fourth-order valence-corrected chi connectivity index (χ4v) is 1.56. The van der Waals surface area contributed by atoms with Crippen LogP contribution in [0.25, 0.3) is 0 Å². The van der Waals surface area contributed by atoms with Gasteiger partial charge in [0.05, 0.1) is 30.1 Å². The van der Waals surface area contributed by atoms with Crippen molar-refractivity contribution in [1.82, 2.24) is 0 Å². The van der Waals surface area contributed by atoms with Crippen LogP contribution in [0.4, 0.5) is 11.4 Å². The maximum absolute atomic E-state index is 11.0. The highest BCUT2D eigenvalue weighted by Gasteiger charge is 2.26. The highest BCUT2D eigenvalue weighted by atomic mass is 16.3. The van der Waals surface area contributed by atoms with E-state index in [1.807, 2.05) is 6.92 Å². The predicted octanol–water partition coefficient (Wildman–Crippen LogP) is -0.0870. The molecule has 0 atom stereocenters. The number of primary amides is 1. The smallest absolute Gasteiger partial charge is 0.248 e. The summed E-state index contributed by atoms with van der Waals surface area (Å²) >= 11 is 0. The lowest BCUT2D eigenvalue weighted by Crippen LogP contribution is -2.45. The number of hydrogen-bond acceptors (Lipinski definition) is 5. The third kappa shape index (κ3) is 2.91. The largest absolute Gasteiger partial charge is 0.397 e. The van der Waals surface area contributed by atoms with Crippen molar-refractivity contribution in [1.29, 1.82) is 0 Å². The summed E-state index contributed by atoms with van der Waals surface area (Å²) < 4.78 is 0. The summed E-state index contributed by atoms with van der Waals surface area (Å²) in [6, 6.07) is 4.60. The Balaban J connectivity index is 3.01. The highest BCUT2D eigenvalue weighted by molar-refractivity contribution is 5.94. The number of aliphatic hydroxyl groups is 2. The lowest BCUT2D eigenvalue weighted by Gasteiger charge is -2.31. The van der Waals surface area contributed by atoms with Crippen LogP contribution in [0, 0.1) is 0 Å². The first-order valence-electron chi connectivity index (χ1n) is 5.67. The number of aliphatic hydroxyl groups excluding tert-OH is 2. The molecule has 18 heavy (non-hydrogen) atoms. The molecule has 0 aliphatic heterocycles. The van der Waals surface area contributed by atoms with Crippen LogP contribution in [0.3, 0.4) is 0 Å². The Morgan fingerprint density at radius 1 is 1.39 bits per heavy atom. The molecule has 0 bridgehead atoms. The number of hydrogen-bond donors (Lipinski definition) is 5. The third-order valence-electron chi connectivity index (χ3n) is 3.02. The molecular weight excluding hydrogens is 234 g/mol. The zero-order valence-corrected chi connectivity index (χ0v) is 10.3. The van der Waals surface area contributed by atoms with Gasteiger partial charge in [-0.2, -0.15) is 0 Å². The second kappa shape index (κ2) is 5.70. The van der Waals surface area contributed by atoms with E-state index >= 15 is 0 Å². The number of nitrogens with two attached hydrogens (primary N) is 2. The van der Waals surface area contributed by atoms with Crippen molar-refractivity contribution in [2.75, 3.05) is 24.3 Å². The summed E-state index contributed by atoms with van der Waals surface area (Å²) in [6.45, 7) is 1.39. The first-order valence-corrected chi connectivity index (χ1v) is 5.67. The molecule has 0 fully saturated rings. The Labute approximate surface area is 106 Å². The van der Waals surface area contributed by atoms with Gasteiger partial charge < -0.3 is 27.0 Å². The standard InChI is InChI=1S/C12H19N3O3/c1-2-12(6-16,7-17)15-10-4-3-8(11(14)18)5-9(10)13/h3-5,15-17H,2,6-7,13H2,1H3,(H2,14,18). The van der Waals surface area contributed by atoms with E-state index < -0.39 is 11.4 Å². The fraction of sp³-hybridized carbons (Fsp3) is 0.417. The van der Waals surface area contributed by atoms with Crippen LogP contribution in [0.15, 0.2) is 18.2 Å². The molecular formula is C12H19N3O3. The Bertz CT molecular complexity index is 422. The molecule has 0 radical (unpaired) electrons.